The van der Waals surface area contributed by atoms with E-state index in [2.05, 4.69) is 5.32 Å². The van der Waals surface area contributed by atoms with E-state index in [0.29, 0.717) is 17.7 Å². The first-order valence-electron chi connectivity index (χ1n) is 6.73. The Morgan fingerprint density at radius 3 is 2.62 bits per heavy atom. The Balaban J connectivity index is 2.81. The molecule has 1 aromatic carbocycles. The van der Waals surface area contributed by atoms with E-state index in [0.717, 1.165) is 0 Å². The smallest absolute Gasteiger partial charge is 0.326 e. The van der Waals surface area contributed by atoms with Crippen molar-refractivity contribution < 1.29 is 23.8 Å². The molecule has 5 nitrogen and oxygen atoms in total. The fraction of sp³-hybridized carbons (Fsp3) is 0.467. The molecule has 21 heavy (non-hydrogen) atoms. The number of nitrogens with one attached hydrogen (secondary N) is 1. The molecule has 0 aliphatic rings. The van der Waals surface area contributed by atoms with Gasteiger partial charge in [0.15, 0.2) is 0 Å². The summed E-state index contributed by atoms with van der Waals surface area (Å²) in [5.41, 5.74) is 0.378. The maximum absolute atomic E-state index is 13.2. The fourth-order valence-corrected chi connectivity index (χ4v) is 1.97. The number of carboxylic acids is 1. The predicted octanol–water partition coefficient (Wildman–Crippen LogP) is 1.99. The fourth-order valence-electron chi connectivity index (χ4n) is 1.97. The van der Waals surface area contributed by atoms with E-state index < -0.39 is 23.7 Å². The van der Waals surface area contributed by atoms with Crippen LogP contribution in [0, 0.1) is 11.7 Å². The van der Waals surface area contributed by atoms with Crippen LogP contribution < -0.4 is 10.1 Å². The molecule has 0 saturated heterocycles. The average molecular weight is 297 g/mol. The van der Waals surface area contributed by atoms with Crippen LogP contribution in [0.3, 0.4) is 0 Å². The normalized spacial score (nSPS) is 13.3. The molecule has 0 heterocycles. The number of carbonyl (C=O) groups is 2. The van der Waals surface area contributed by atoms with Crippen LogP contribution in [0.1, 0.15) is 25.8 Å². The number of hydrogen-bond acceptors (Lipinski definition) is 3. The van der Waals surface area contributed by atoms with Gasteiger partial charge in [0, 0.05) is 5.56 Å². The van der Waals surface area contributed by atoms with E-state index in [1.54, 1.807) is 6.92 Å². The molecule has 1 aromatic rings. The van der Waals surface area contributed by atoms with Crippen molar-refractivity contribution in [2.75, 3.05) is 7.11 Å². The minimum atomic E-state index is -1.08. The molecule has 0 saturated carbocycles. The van der Waals surface area contributed by atoms with Crippen molar-refractivity contribution in [3.8, 4) is 5.75 Å². The van der Waals surface area contributed by atoms with Crippen molar-refractivity contribution in [2.24, 2.45) is 5.92 Å². The SMILES string of the molecule is CCC(C)C(NC(=O)Cc1cc(F)ccc1OC)C(=O)O. The minimum absolute atomic E-state index is 0.138. The summed E-state index contributed by atoms with van der Waals surface area (Å²) < 4.78 is 18.3. The maximum Gasteiger partial charge on any atom is 0.326 e. The molecule has 0 spiro atoms. The lowest BCUT2D eigenvalue weighted by molar-refractivity contribution is -0.143. The molecule has 116 valence electrons. The Bertz CT molecular complexity index is 518. The van der Waals surface area contributed by atoms with Crippen LogP contribution in [0.5, 0.6) is 5.75 Å². The third kappa shape index (κ3) is 4.73. The van der Waals surface area contributed by atoms with Crippen LogP contribution >= 0.6 is 0 Å². The van der Waals surface area contributed by atoms with E-state index in [9.17, 15) is 14.0 Å². The van der Waals surface area contributed by atoms with Gasteiger partial charge in [-0.1, -0.05) is 20.3 Å². The number of hydrogen-bond donors (Lipinski definition) is 2. The number of amides is 1. The van der Waals surface area contributed by atoms with Crippen molar-refractivity contribution >= 4 is 11.9 Å². The summed E-state index contributed by atoms with van der Waals surface area (Å²) in [6, 6.07) is 2.92. The zero-order valence-corrected chi connectivity index (χ0v) is 12.4. The van der Waals surface area contributed by atoms with Gasteiger partial charge in [-0.15, -0.1) is 0 Å². The van der Waals surface area contributed by atoms with Crippen LogP contribution in [0.25, 0.3) is 0 Å². The van der Waals surface area contributed by atoms with Crippen molar-refractivity contribution in [1.29, 1.82) is 0 Å². The molecule has 0 bridgehead atoms. The van der Waals surface area contributed by atoms with Gasteiger partial charge in [0.25, 0.3) is 0 Å². The standard InChI is InChI=1S/C15H20FNO4/c1-4-9(2)14(15(19)20)17-13(18)8-10-7-11(16)5-6-12(10)21-3/h5-7,9,14H,4,8H2,1-3H3,(H,17,18)(H,19,20). The van der Waals surface area contributed by atoms with Gasteiger partial charge in [0.05, 0.1) is 13.5 Å². The number of ether oxygens (including phenoxy) is 1. The highest BCUT2D eigenvalue weighted by Gasteiger charge is 2.25. The Morgan fingerprint density at radius 1 is 1.43 bits per heavy atom. The number of carboxylic acid groups (broad SMARTS) is 1. The summed E-state index contributed by atoms with van der Waals surface area (Å²) in [5.74, 6) is -1.84. The Kier molecular flexibility index (Phi) is 6.14. The molecule has 0 fully saturated rings. The number of methoxy groups -OCH3 is 1. The lowest BCUT2D eigenvalue weighted by Gasteiger charge is -2.20. The number of aliphatic carboxylic acids is 1. The van der Waals surface area contributed by atoms with Crippen molar-refractivity contribution in [2.45, 2.75) is 32.7 Å². The molecular weight excluding hydrogens is 277 g/mol. The van der Waals surface area contributed by atoms with Crippen LogP contribution in [-0.4, -0.2) is 30.1 Å². The first-order chi connectivity index (χ1) is 9.88. The van der Waals surface area contributed by atoms with Crippen LogP contribution in [0.4, 0.5) is 4.39 Å². The van der Waals surface area contributed by atoms with Gasteiger partial charge >= 0.3 is 5.97 Å². The quantitative estimate of drug-likeness (QED) is 0.807. The number of benzene rings is 1. The second kappa shape index (κ2) is 7.61. The summed E-state index contributed by atoms with van der Waals surface area (Å²) in [6.07, 6.45) is 0.488. The lowest BCUT2D eigenvalue weighted by Crippen LogP contribution is -2.45. The summed E-state index contributed by atoms with van der Waals surface area (Å²) in [7, 11) is 1.42. The van der Waals surface area contributed by atoms with Gasteiger partial charge in [-0.3, -0.25) is 4.79 Å². The van der Waals surface area contributed by atoms with Gasteiger partial charge in [-0.05, 0) is 24.1 Å². The highest BCUT2D eigenvalue weighted by molar-refractivity contribution is 5.85. The first-order valence-corrected chi connectivity index (χ1v) is 6.73. The second-order valence-corrected chi connectivity index (χ2v) is 4.90. The van der Waals surface area contributed by atoms with Gasteiger partial charge in [0.1, 0.15) is 17.6 Å². The molecule has 1 amide bonds. The third-order valence-corrected chi connectivity index (χ3v) is 3.39. The van der Waals surface area contributed by atoms with Gasteiger partial charge in [0.2, 0.25) is 5.91 Å². The summed E-state index contributed by atoms with van der Waals surface area (Å²) >= 11 is 0. The van der Waals surface area contributed by atoms with Gasteiger partial charge in [-0.2, -0.15) is 0 Å². The Labute approximate surface area is 123 Å². The second-order valence-electron chi connectivity index (χ2n) is 4.90. The molecule has 0 aliphatic heterocycles. The van der Waals surface area contributed by atoms with Crippen LogP contribution in [0.15, 0.2) is 18.2 Å². The highest BCUT2D eigenvalue weighted by atomic mass is 19.1. The molecule has 2 atom stereocenters. The molecule has 0 aromatic heterocycles. The molecule has 2 unspecified atom stereocenters. The largest absolute Gasteiger partial charge is 0.496 e. The zero-order chi connectivity index (χ0) is 16.0. The summed E-state index contributed by atoms with van der Waals surface area (Å²) in [4.78, 5) is 23.1. The zero-order valence-electron chi connectivity index (χ0n) is 12.4. The predicted molar refractivity (Wildman–Crippen MR) is 75.7 cm³/mol. The highest BCUT2D eigenvalue weighted by Crippen LogP contribution is 2.20. The van der Waals surface area contributed by atoms with E-state index in [1.807, 2.05) is 6.92 Å². The minimum Gasteiger partial charge on any atom is -0.496 e. The van der Waals surface area contributed by atoms with E-state index in [-0.39, 0.29) is 12.3 Å². The molecule has 1 rings (SSSR count). The number of carbonyl (C=O) groups excluding carboxylic acids is 1. The molecule has 6 heteroatoms. The summed E-state index contributed by atoms with van der Waals surface area (Å²) in [6.45, 7) is 3.60. The van der Waals surface area contributed by atoms with Crippen LogP contribution in [-0.2, 0) is 16.0 Å². The van der Waals surface area contributed by atoms with Crippen molar-refractivity contribution in [3.63, 3.8) is 0 Å². The van der Waals surface area contributed by atoms with E-state index in [1.165, 1.54) is 25.3 Å². The van der Waals surface area contributed by atoms with E-state index in [4.69, 9.17) is 9.84 Å². The molecule has 0 aliphatic carbocycles. The first kappa shape index (κ1) is 16.9. The van der Waals surface area contributed by atoms with Gasteiger partial charge < -0.3 is 15.2 Å². The van der Waals surface area contributed by atoms with Crippen molar-refractivity contribution in [1.82, 2.24) is 5.32 Å². The third-order valence-electron chi connectivity index (χ3n) is 3.39. The number of rotatable bonds is 7. The van der Waals surface area contributed by atoms with Crippen LogP contribution in [0.2, 0.25) is 0 Å². The molecule has 0 radical (unpaired) electrons. The summed E-state index contributed by atoms with van der Waals surface area (Å²) in [5, 5.41) is 11.6. The molecule has 2 N–H and O–H groups in total. The number of halogens is 1. The Morgan fingerprint density at radius 2 is 2.10 bits per heavy atom. The molecular formula is C15H20FNO4. The van der Waals surface area contributed by atoms with Crippen molar-refractivity contribution in [3.05, 3.63) is 29.6 Å². The average Bonchev–Trinajstić information content (AvgIpc) is 2.44. The monoisotopic (exact) mass is 297 g/mol. The Hall–Kier alpha value is -2.11. The topological polar surface area (TPSA) is 75.6 Å². The lowest BCUT2D eigenvalue weighted by atomic mass is 9.99. The maximum atomic E-state index is 13.2. The van der Waals surface area contributed by atoms with Gasteiger partial charge in [-0.25, -0.2) is 9.18 Å². The van der Waals surface area contributed by atoms with E-state index >= 15 is 0 Å².